The van der Waals surface area contributed by atoms with Crippen molar-refractivity contribution in [2.75, 3.05) is 26.2 Å². The van der Waals surface area contributed by atoms with Crippen molar-refractivity contribution >= 4 is 33.0 Å². The molecule has 2 aromatic carbocycles. The largest absolute Gasteiger partial charge is 0.315 e. The zero-order chi connectivity index (χ0) is 16.4. The fourth-order valence-corrected chi connectivity index (χ4v) is 4.92. The molecule has 4 rings (SSSR count). The van der Waals surface area contributed by atoms with E-state index in [4.69, 9.17) is 11.6 Å². The van der Waals surface area contributed by atoms with Crippen LogP contribution in [0, 0.1) is 0 Å². The van der Waals surface area contributed by atoms with Gasteiger partial charge in [-0.05, 0) is 48.2 Å². The lowest BCUT2D eigenvalue weighted by molar-refractivity contribution is 0.244. The second-order valence-electron chi connectivity index (χ2n) is 6.28. The van der Waals surface area contributed by atoms with E-state index in [1.165, 1.54) is 26.9 Å². The SMILES string of the molecule is Clc1cccc(C(c2cc3ccccc3s2)N2CCCNCC2)c1. The van der Waals surface area contributed by atoms with Crippen LogP contribution < -0.4 is 5.32 Å². The molecule has 4 heteroatoms. The second-order valence-corrected chi connectivity index (χ2v) is 7.84. The number of hydrogen-bond donors (Lipinski definition) is 1. The van der Waals surface area contributed by atoms with Gasteiger partial charge in [0.05, 0.1) is 6.04 Å². The van der Waals surface area contributed by atoms with Gasteiger partial charge in [-0.1, -0.05) is 41.9 Å². The number of nitrogens with zero attached hydrogens (tertiary/aromatic N) is 1. The molecule has 1 fully saturated rings. The summed E-state index contributed by atoms with van der Waals surface area (Å²) in [5.74, 6) is 0. The van der Waals surface area contributed by atoms with Crippen molar-refractivity contribution in [3.05, 3.63) is 70.1 Å². The first-order valence-electron chi connectivity index (χ1n) is 8.50. The Morgan fingerprint density at radius 3 is 2.79 bits per heavy atom. The lowest BCUT2D eigenvalue weighted by Gasteiger charge is -2.30. The Hall–Kier alpha value is -1.39. The summed E-state index contributed by atoms with van der Waals surface area (Å²) < 4.78 is 1.35. The van der Waals surface area contributed by atoms with Gasteiger partial charge in [0, 0.05) is 34.2 Å². The maximum atomic E-state index is 6.30. The van der Waals surface area contributed by atoms with Crippen LogP contribution in [0.1, 0.15) is 22.9 Å². The van der Waals surface area contributed by atoms with Crippen molar-refractivity contribution in [2.24, 2.45) is 0 Å². The highest BCUT2D eigenvalue weighted by molar-refractivity contribution is 7.19. The highest BCUT2D eigenvalue weighted by Gasteiger charge is 2.25. The van der Waals surface area contributed by atoms with Crippen LogP contribution in [-0.2, 0) is 0 Å². The van der Waals surface area contributed by atoms with Crippen molar-refractivity contribution in [3.63, 3.8) is 0 Å². The predicted molar refractivity (Wildman–Crippen MR) is 104 cm³/mol. The molecule has 1 saturated heterocycles. The molecule has 1 atom stereocenters. The first-order chi connectivity index (χ1) is 11.8. The molecule has 0 saturated carbocycles. The number of nitrogens with one attached hydrogen (secondary N) is 1. The van der Waals surface area contributed by atoms with Crippen molar-refractivity contribution in [1.82, 2.24) is 10.2 Å². The van der Waals surface area contributed by atoms with Crippen molar-refractivity contribution in [1.29, 1.82) is 0 Å². The van der Waals surface area contributed by atoms with E-state index < -0.39 is 0 Å². The van der Waals surface area contributed by atoms with E-state index in [1.807, 2.05) is 17.4 Å². The van der Waals surface area contributed by atoms with Gasteiger partial charge in [0.1, 0.15) is 0 Å². The van der Waals surface area contributed by atoms with E-state index in [-0.39, 0.29) is 6.04 Å². The first-order valence-corrected chi connectivity index (χ1v) is 9.69. The van der Waals surface area contributed by atoms with E-state index in [9.17, 15) is 0 Å². The molecule has 1 N–H and O–H groups in total. The third-order valence-corrected chi connectivity index (χ3v) is 6.02. The average molecular weight is 357 g/mol. The van der Waals surface area contributed by atoms with Gasteiger partial charge in [-0.25, -0.2) is 0 Å². The van der Waals surface area contributed by atoms with E-state index in [1.54, 1.807) is 0 Å². The zero-order valence-electron chi connectivity index (χ0n) is 13.5. The topological polar surface area (TPSA) is 15.3 Å². The van der Waals surface area contributed by atoms with Crippen LogP contribution in [0.25, 0.3) is 10.1 Å². The lowest BCUT2D eigenvalue weighted by Crippen LogP contribution is -2.32. The monoisotopic (exact) mass is 356 g/mol. The number of fused-ring (bicyclic) bond motifs is 1. The summed E-state index contributed by atoms with van der Waals surface area (Å²) >= 11 is 8.20. The number of thiophene rings is 1. The van der Waals surface area contributed by atoms with Crippen LogP contribution in [0.15, 0.2) is 54.6 Å². The van der Waals surface area contributed by atoms with Gasteiger partial charge in [-0.2, -0.15) is 0 Å². The van der Waals surface area contributed by atoms with Gasteiger partial charge in [0.25, 0.3) is 0 Å². The summed E-state index contributed by atoms with van der Waals surface area (Å²) in [6.07, 6.45) is 1.18. The standard InChI is InChI=1S/C20H21ClN2S/c21-17-7-3-6-16(13-17)20(23-11-4-9-22-10-12-23)19-14-15-5-1-2-8-18(15)24-19/h1-3,5-8,13-14,20,22H,4,9-12H2. The van der Waals surface area contributed by atoms with E-state index in [0.717, 1.165) is 31.2 Å². The van der Waals surface area contributed by atoms with Crippen molar-refractivity contribution in [2.45, 2.75) is 12.5 Å². The quantitative estimate of drug-likeness (QED) is 0.715. The third kappa shape index (κ3) is 3.35. The third-order valence-electron chi connectivity index (χ3n) is 4.62. The summed E-state index contributed by atoms with van der Waals surface area (Å²) in [4.78, 5) is 4.00. The minimum absolute atomic E-state index is 0.279. The maximum Gasteiger partial charge on any atom is 0.0697 e. The van der Waals surface area contributed by atoms with Gasteiger partial charge in [0.15, 0.2) is 0 Å². The molecule has 124 valence electrons. The van der Waals surface area contributed by atoms with Gasteiger partial charge < -0.3 is 5.32 Å². The van der Waals surface area contributed by atoms with Crippen LogP contribution in [0.2, 0.25) is 5.02 Å². The molecular weight excluding hydrogens is 336 g/mol. The normalized spacial score (nSPS) is 17.7. The molecule has 1 aliphatic rings. The minimum Gasteiger partial charge on any atom is -0.315 e. The zero-order valence-corrected chi connectivity index (χ0v) is 15.1. The number of rotatable bonds is 3. The van der Waals surface area contributed by atoms with Gasteiger partial charge in [-0.15, -0.1) is 11.3 Å². The lowest BCUT2D eigenvalue weighted by atomic mass is 10.0. The number of hydrogen-bond acceptors (Lipinski definition) is 3. The summed E-state index contributed by atoms with van der Waals surface area (Å²) in [6.45, 7) is 4.32. The Labute approximate surface area is 152 Å². The van der Waals surface area contributed by atoms with Crippen LogP contribution in [0.5, 0.6) is 0 Å². The number of halogens is 1. The molecule has 1 unspecified atom stereocenters. The Kier molecular flexibility index (Phi) is 4.86. The molecule has 0 amide bonds. The molecule has 0 bridgehead atoms. The highest BCUT2D eigenvalue weighted by Crippen LogP contribution is 2.37. The fraction of sp³-hybridized carbons (Fsp3) is 0.300. The summed E-state index contributed by atoms with van der Waals surface area (Å²) in [5.41, 5.74) is 1.29. The minimum atomic E-state index is 0.279. The van der Waals surface area contributed by atoms with E-state index >= 15 is 0 Å². The smallest absolute Gasteiger partial charge is 0.0697 e. The molecule has 1 aliphatic heterocycles. The highest BCUT2D eigenvalue weighted by atomic mass is 35.5. The Bertz CT molecular complexity index is 788. The van der Waals surface area contributed by atoms with Gasteiger partial charge in [-0.3, -0.25) is 4.90 Å². The molecule has 24 heavy (non-hydrogen) atoms. The molecule has 2 heterocycles. The maximum absolute atomic E-state index is 6.30. The van der Waals surface area contributed by atoms with Gasteiger partial charge in [0.2, 0.25) is 0 Å². The van der Waals surface area contributed by atoms with Crippen molar-refractivity contribution in [3.8, 4) is 0 Å². The van der Waals surface area contributed by atoms with Crippen LogP contribution >= 0.6 is 22.9 Å². The molecule has 2 nitrogen and oxygen atoms in total. The Morgan fingerprint density at radius 2 is 1.92 bits per heavy atom. The summed E-state index contributed by atoms with van der Waals surface area (Å²) in [5, 5.41) is 5.65. The van der Waals surface area contributed by atoms with Gasteiger partial charge >= 0.3 is 0 Å². The molecule has 0 aliphatic carbocycles. The molecule has 3 aromatic rings. The fourth-order valence-electron chi connectivity index (χ4n) is 3.49. The predicted octanol–water partition coefficient (Wildman–Crippen LogP) is 4.94. The first kappa shape index (κ1) is 16.1. The van der Waals surface area contributed by atoms with E-state index in [0.29, 0.717) is 0 Å². The molecular formula is C20H21ClN2S. The second kappa shape index (κ2) is 7.24. The Balaban J connectivity index is 1.79. The van der Waals surface area contributed by atoms with Crippen LogP contribution in [0.4, 0.5) is 0 Å². The average Bonchev–Trinajstić information content (AvgIpc) is 2.82. The molecule has 0 spiro atoms. The van der Waals surface area contributed by atoms with E-state index in [2.05, 4.69) is 58.7 Å². The van der Waals surface area contributed by atoms with Crippen LogP contribution in [-0.4, -0.2) is 31.1 Å². The summed E-state index contributed by atoms with van der Waals surface area (Å²) in [7, 11) is 0. The van der Waals surface area contributed by atoms with Crippen molar-refractivity contribution < 1.29 is 0 Å². The Morgan fingerprint density at radius 1 is 1.00 bits per heavy atom. The molecule has 0 radical (unpaired) electrons. The number of benzene rings is 2. The van der Waals surface area contributed by atoms with Crippen LogP contribution in [0.3, 0.4) is 0 Å². The summed E-state index contributed by atoms with van der Waals surface area (Å²) in [6, 6.07) is 19.6. The molecule has 1 aromatic heterocycles.